The molecule has 0 amide bonds. The summed E-state index contributed by atoms with van der Waals surface area (Å²) < 4.78 is 49.0. The molecule has 0 fully saturated rings. The van der Waals surface area contributed by atoms with E-state index >= 15 is 0 Å². The summed E-state index contributed by atoms with van der Waals surface area (Å²) in [5.41, 5.74) is 2.13. The van der Waals surface area contributed by atoms with Gasteiger partial charge in [0.25, 0.3) is 5.56 Å². The van der Waals surface area contributed by atoms with Gasteiger partial charge in [-0.1, -0.05) is 35.3 Å². The van der Waals surface area contributed by atoms with Crippen molar-refractivity contribution in [3.05, 3.63) is 109 Å². The van der Waals surface area contributed by atoms with Crippen LogP contribution in [0.25, 0.3) is 5.69 Å². The summed E-state index contributed by atoms with van der Waals surface area (Å²) in [5, 5.41) is 0.539. The fourth-order valence-corrected chi connectivity index (χ4v) is 4.48. The molecule has 0 atom stereocenters. The van der Waals surface area contributed by atoms with Gasteiger partial charge in [0, 0.05) is 23.1 Å². The maximum absolute atomic E-state index is 13.3. The van der Waals surface area contributed by atoms with E-state index in [-0.39, 0.29) is 33.7 Å². The maximum atomic E-state index is 13.3. The Kier molecular flexibility index (Phi) is 6.75. The number of hydrogen-bond acceptors (Lipinski definition) is 2. The van der Waals surface area contributed by atoms with Crippen LogP contribution in [0.1, 0.15) is 28.1 Å². The molecule has 4 nitrogen and oxygen atoms in total. The maximum Gasteiger partial charge on any atom is 0.416 e. The van der Waals surface area contributed by atoms with Crippen molar-refractivity contribution in [3.8, 4) is 17.2 Å². The quantitative estimate of drug-likeness (QED) is 0.270. The third kappa shape index (κ3) is 5.26. The van der Waals surface area contributed by atoms with Gasteiger partial charge in [0.05, 0.1) is 28.4 Å². The van der Waals surface area contributed by atoms with Crippen molar-refractivity contribution < 1.29 is 17.9 Å². The van der Waals surface area contributed by atoms with Gasteiger partial charge in [-0.3, -0.25) is 4.79 Å². The van der Waals surface area contributed by atoms with Crippen LogP contribution < -0.4 is 10.3 Å². The van der Waals surface area contributed by atoms with Crippen molar-refractivity contribution in [2.24, 2.45) is 0 Å². The number of hydrogen-bond donors (Lipinski definition) is 0. The highest BCUT2D eigenvalue weighted by Crippen LogP contribution is 2.39. The van der Waals surface area contributed by atoms with Crippen LogP contribution in [-0.2, 0) is 12.7 Å². The second-order valence-corrected chi connectivity index (χ2v) is 9.08. The minimum atomic E-state index is -4.48. The zero-order valence-corrected chi connectivity index (χ0v) is 20.6. The fourth-order valence-electron chi connectivity index (χ4n) is 3.93. The summed E-state index contributed by atoms with van der Waals surface area (Å²) in [7, 11) is 0. The molecule has 2 aromatic heterocycles. The highest BCUT2D eigenvalue weighted by Gasteiger charge is 2.32. The van der Waals surface area contributed by atoms with Crippen LogP contribution in [0.15, 0.2) is 65.6 Å². The predicted octanol–water partition coefficient (Wildman–Crippen LogP) is 7.73. The number of alkyl halides is 3. The van der Waals surface area contributed by atoms with Gasteiger partial charge < -0.3 is 13.9 Å². The van der Waals surface area contributed by atoms with E-state index in [9.17, 15) is 18.0 Å². The van der Waals surface area contributed by atoms with Crippen molar-refractivity contribution in [1.82, 2.24) is 9.13 Å². The Balaban J connectivity index is 1.64. The third-order valence-electron chi connectivity index (χ3n) is 5.65. The molecular weight excluding hydrogens is 500 g/mol. The van der Waals surface area contributed by atoms with Gasteiger partial charge in [0.15, 0.2) is 5.75 Å². The first kappa shape index (κ1) is 24.9. The van der Waals surface area contributed by atoms with Crippen LogP contribution in [0.3, 0.4) is 0 Å². The summed E-state index contributed by atoms with van der Waals surface area (Å²) >= 11 is 13.0. The minimum Gasteiger partial charge on any atom is -0.453 e. The summed E-state index contributed by atoms with van der Waals surface area (Å²) in [5.74, 6) is 0.470. The van der Waals surface area contributed by atoms with Gasteiger partial charge >= 0.3 is 6.18 Å². The fraction of sp³-hybridized carbons (Fsp3) is 0.192. The van der Waals surface area contributed by atoms with Crippen molar-refractivity contribution in [2.45, 2.75) is 33.5 Å². The molecule has 4 rings (SSSR count). The first-order chi connectivity index (χ1) is 16.4. The predicted molar refractivity (Wildman–Crippen MR) is 131 cm³/mol. The number of aromatic nitrogens is 2. The molecule has 0 aliphatic carbocycles. The van der Waals surface area contributed by atoms with Gasteiger partial charge in [-0.2, -0.15) is 13.2 Å². The molecule has 9 heteroatoms. The number of rotatable bonds is 5. The minimum absolute atomic E-state index is 0.0635. The van der Waals surface area contributed by atoms with Crippen molar-refractivity contribution in [3.63, 3.8) is 0 Å². The Labute approximate surface area is 210 Å². The topological polar surface area (TPSA) is 36.2 Å². The average Bonchev–Trinajstić information content (AvgIpc) is 3.11. The summed E-state index contributed by atoms with van der Waals surface area (Å²) in [6, 6.07) is 14.1. The second kappa shape index (κ2) is 9.47. The van der Waals surface area contributed by atoms with Crippen molar-refractivity contribution in [2.75, 3.05) is 0 Å². The first-order valence-electron chi connectivity index (χ1n) is 10.6. The summed E-state index contributed by atoms with van der Waals surface area (Å²) in [4.78, 5) is 12.4. The van der Waals surface area contributed by atoms with E-state index in [0.29, 0.717) is 5.56 Å². The van der Waals surface area contributed by atoms with Gasteiger partial charge in [-0.15, -0.1) is 0 Å². The van der Waals surface area contributed by atoms with Crippen LogP contribution in [0, 0.1) is 20.8 Å². The van der Waals surface area contributed by atoms with Gasteiger partial charge in [0.1, 0.15) is 5.75 Å². The number of nitrogens with zero attached hydrogens (tertiary/aromatic N) is 2. The normalized spacial score (nSPS) is 11.7. The lowest BCUT2D eigenvalue weighted by Crippen LogP contribution is -2.19. The van der Waals surface area contributed by atoms with Gasteiger partial charge in [0.2, 0.25) is 0 Å². The van der Waals surface area contributed by atoms with Crippen molar-refractivity contribution in [1.29, 1.82) is 0 Å². The van der Waals surface area contributed by atoms with Crippen LogP contribution in [-0.4, -0.2) is 9.13 Å². The van der Waals surface area contributed by atoms with E-state index in [4.69, 9.17) is 27.9 Å². The number of pyridine rings is 1. The third-order valence-corrected chi connectivity index (χ3v) is 6.21. The zero-order valence-electron chi connectivity index (χ0n) is 19.1. The Morgan fingerprint density at radius 2 is 1.51 bits per heavy atom. The highest BCUT2D eigenvalue weighted by atomic mass is 35.5. The molecule has 2 aromatic carbocycles. The van der Waals surface area contributed by atoms with Crippen LogP contribution in [0.2, 0.25) is 10.0 Å². The first-order valence-corrected chi connectivity index (χ1v) is 11.4. The Hall–Kier alpha value is -3.16. The lowest BCUT2D eigenvalue weighted by atomic mass is 10.0. The van der Waals surface area contributed by atoms with E-state index < -0.39 is 17.3 Å². The van der Waals surface area contributed by atoms with E-state index in [1.165, 1.54) is 35.9 Å². The highest BCUT2D eigenvalue weighted by molar-refractivity contribution is 6.37. The van der Waals surface area contributed by atoms with Gasteiger partial charge in [-0.05, 0) is 68.3 Å². The summed E-state index contributed by atoms with van der Waals surface area (Å²) in [6.07, 6.45) is -3.07. The number of ether oxygens (including phenoxy) is 1. The average molecular weight is 521 g/mol. The molecular formula is C26H21Cl2F3N2O2. The second-order valence-electron chi connectivity index (χ2n) is 8.27. The van der Waals surface area contributed by atoms with Crippen molar-refractivity contribution >= 4 is 23.2 Å². The van der Waals surface area contributed by atoms with Crippen LogP contribution >= 0.6 is 23.2 Å². The number of halogens is 5. The molecule has 0 radical (unpaired) electrons. The van der Waals surface area contributed by atoms with E-state index in [1.807, 2.05) is 30.5 Å². The molecule has 182 valence electrons. The molecule has 0 N–H and O–H groups in total. The van der Waals surface area contributed by atoms with Crippen LogP contribution in [0.5, 0.6) is 11.5 Å². The zero-order chi connectivity index (χ0) is 25.5. The molecule has 0 bridgehead atoms. The number of benzene rings is 2. The van der Waals surface area contributed by atoms with Gasteiger partial charge in [-0.25, -0.2) is 0 Å². The molecule has 4 aromatic rings. The summed E-state index contributed by atoms with van der Waals surface area (Å²) in [6.45, 7) is 5.26. The molecule has 35 heavy (non-hydrogen) atoms. The molecule has 0 spiro atoms. The molecule has 0 aliphatic heterocycles. The Bertz CT molecular complexity index is 1430. The molecule has 2 heterocycles. The monoisotopic (exact) mass is 520 g/mol. The molecule has 0 saturated heterocycles. The van der Waals surface area contributed by atoms with E-state index in [0.717, 1.165) is 23.1 Å². The SMILES string of the molecule is Cc1ccc(Cn2cc(Oc3c(Cl)cc(-n4c(C)ccc4C)cc3Cl)ccc2=O)cc1C(F)(F)F. The molecule has 0 saturated carbocycles. The van der Waals surface area contributed by atoms with E-state index in [2.05, 4.69) is 0 Å². The molecule has 0 unspecified atom stereocenters. The van der Waals surface area contributed by atoms with Crippen LogP contribution in [0.4, 0.5) is 13.2 Å². The van der Waals surface area contributed by atoms with E-state index in [1.54, 1.807) is 18.2 Å². The smallest absolute Gasteiger partial charge is 0.416 e. The lowest BCUT2D eigenvalue weighted by Gasteiger charge is -2.16. The number of aryl methyl sites for hydroxylation is 3. The molecule has 0 aliphatic rings. The Morgan fingerprint density at radius 3 is 2.11 bits per heavy atom. The lowest BCUT2D eigenvalue weighted by molar-refractivity contribution is -0.138. The largest absolute Gasteiger partial charge is 0.453 e. The standard InChI is InChI=1S/C26H21Cl2F3N2O2/c1-15-4-7-18(10-21(15)26(29,30)31)13-32-14-20(8-9-24(32)34)35-25-22(27)11-19(12-23(25)28)33-16(2)5-6-17(33)3/h4-12,14H,13H2,1-3H3. The Morgan fingerprint density at radius 1 is 0.886 bits per heavy atom.